The van der Waals surface area contributed by atoms with Crippen LogP contribution in [0, 0.1) is 5.92 Å². The molecule has 8 nitrogen and oxygen atoms in total. The van der Waals surface area contributed by atoms with Gasteiger partial charge in [0.15, 0.2) is 0 Å². The molecule has 0 aliphatic carbocycles. The summed E-state index contributed by atoms with van der Waals surface area (Å²) in [6.07, 6.45) is 1.79. The predicted molar refractivity (Wildman–Crippen MR) is 100 cm³/mol. The van der Waals surface area contributed by atoms with Crippen molar-refractivity contribution in [3.05, 3.63) is 69.0 Å². The van der Waals surface area contributed by atoms with E-state index in [4.69, 9.17) is 5.11 Å². The van der Waals surface area contributed by atoms with Crippen molar-refractivity contribution in [1.29, 1.82) is 0 Å². The molecule has 0 saturated carbocycles. The van der Waals surface area contributed by atoms with Gasteiger partial charge in [0.25, 0.3) is 5.56 Å². The fraction of sp³-hybridized carbons (Fsp3) is 0.333. The lowest BCUT2D eigenvalue weighted by Gasteiger charge is -2.17. The zero-order valence-electron chi connectivity index (χ0n) is 14.5. The number of carboxylic acids is 1. The molecule has 1 aliphatic heterocycles. The third-order valence-electron chi connectivity index (χ3n) is 4.52. The number of rotatable bonds is 5. The predicted octanol–water partition coefficient (Wildman–Crippen LogP) is 0.413. The smallest absolute Gasteiger partial charge is 0.331 e. The van der Waals surface area contributed by atoms with Crippen LogP contribution in [0.15, 0.2) is 52.2 Å². The number of amides is 1. The summed E-state index contributed by atoms with van der Waals surface area (Å²) < 4.78 is 2.26. The van der Waals surface area contributed by atoms with E-state index in [1.807, 2.05) is 30.3 Å². The third kappa shape index (κ3) is 4.65. The minimum atomic E-state index is -0.942. The van der Waals surface area contributed by atoms with Crippen LogP contribution in [0.2, 0.25) is 0 Å². The summed E-state index contributed by atoms with van der Waals surface area (Å²) in [7, 11) is 0. The van der Waals surface area contributed by atoms with Gasteiger partial charge in [0.05, 0.1) is 12.5 Å². The van der Waals surface area contributed by atoms with Gasteiger partial charge in [-0.25, -0.2) is 4.79 Å². The molecule has 2 aromatic rings. The van der Waals surface area contributed by atoms with Crippen molar-refractivity contribution in [2.24, 2.45) is 5.92 Å². The quantitative estimate of drug-likeness (QED) is 0.793. The van der Waals surface area contributed by atoms with E-state index in [1.165, 1.54) is 21.7 Å². The summed E-state index contributed by atoms with van der Waals surface area (Å²) in [6.45, 7) is 0.322. The first-order valence-corrected chi connectivity index (χ1v) is 8.30. The highest BCUT2D eigenvalue weighted by molar-refractivity contribution is 5.85. The van der Waals surface area contributed by atoms with E-state index in [1.54, 1.807) is 0 Å². The average Bonchev–Trinajstić information content (AvgIpc) is 3.12. The van der Waals surface area contributed by atoms with Gasteiger partial charge in [0.2, 0.25) is 5.91 Å². The van der Waals surface area contributed by atoms with Crippen molar-refractivity contribution in [3.63, 3.8) is 0 Å². The topological polar surface area (TPSA) is 102 Å². The Balaban J connectivity index is 0.00000261. The van der Waals surface area contributed by atoms with Crippen LogP contribution < -0.4 is 11.2 Å². The summed E-state index contributed by atoms with van der Waals surface area (Å²) in [6, 6.07) is 10.6. The summed E-state index contributed by atoms with van der Waals surface area (Å²) in [5.74, 6) is -1.96. The number of likely N-dealkylation sites (tertiary alicyclic amines) is 1. The zero-order chi connectivity index (χ0) is 18.7. The van der Waals surface area contributed by atoms with Crippen LogP contribution in [-0.4, -0.2) is 44.1 Å². The number of aliphatic carboxylic acids is 1. The van der Waals surface area contributed by atoms with Crippen LogP contribution in [0.1, 0.15) is 12.0 Å². The van der Waals surface area contributed by atoms with Gasteiger partial charge in [-0.2, -0.15) is 0 Å². The van der Waals surface area contributed by atoms with Crippen molar-refractivity contribution in [2.45, 2.75) is 19.5 Å². The normalized spacial score (nSPS) is 16.0. The second-order valence-electron chi connectivity index (χ2n) is 6.30. The molecule has 1 atom stereocenters. The number of halogens is 1. The molecule has 0 bridgehead atoms. The van der Waals surface area contributed by atoms with Crippen LogP contribution in [-0.2, 0) is 22.7 Å². The Labute approximate surface area is 161 Å². The van der Waals surface area contributed by atoms with Gasteiger partial charge in [-0.15, -0.1) is 12.4 Å². The van der Waals surface area contributed by atoms with Gasteiger partial charge >= 0.3 is 11.7 Å². The first-order valence-electron chi connectivity index (χ1n) is 8.30. The number of aromatic nitrogens is 2. The molecule has 1 aliphatic rings. The Kier molecular flexibility index (Phi) is 6.57. The van der Waals surface area contributed by atoms with Gasteiger partial charge in [-0.3, -0.25) is 23.5 Å². The number of benzene rings is 1. The van der Waals surface area contributed by atoms with Crippen molar-refractivity contribution in [3.8, 4) is 0 Å². The Hall–Kier alpha value is -2.87. The Bertz CT molecular complexity index is 938. The van der Waals surface area contributed by atoms with Crippen LogP contribution in [0.5, 0.6) is 0 Å². The van der Waals surface area contributed by atoms with Crippen LogP contribution >= 0.6 is 12.4 Å². The standard InChI is InChI=1S/C18H19N3O5.ClH/c22-15-7-9-20(10-13-4-2-1-3-5-13)18(26)21(15)12-16(23)19-8-6-14(11-19)17(24)25;/h1-5,7,9,14H,6,8,10-12H2,(H,24,25);1H. The lowest BCUT2D eigenvalue weighted by Crippen LogP contribution is -2.44. The Morgan fingerprint density at radius 3 is 2.44 bits per heavy atom. The second kappa shape index (κ2) is 8.68. The maximum atomic E-state index is 12.6. The number of carbonyl (C=O) groups excluding carboxylic acids is 1. The molecule has 27 heavy (non-hydrogen) atoms. The molecule has 1 fully saturated rings. The third-order valence-corrected chi connectivity index (χ3v) is 4.52. The fourth-order valence-electron chi connectivity index (χ4n) is 3.03. The molecule has 1 aromatic carbocycles. The van der Waals surface area contributed by atoms with E-state index in [0.717, 1.165) is 10.1 Å². The lowest BCUT2D eigenvalue weighted by atomic mass is 10.1. The summed E-state index contributed by atoms with van der Waals surface area (Å²) >= 11 is 0. The molecule has 1 amide bonds. The monoisotopic (exact) mass is 393 g/mol. The fourth-order valence-corrected chi connectivity index (χ4v) is 3.03. The van der Waals surface area contributed by atoms with Gasteiger partial charge in [0, 0.05) is 25.4 Å². The van der Waals surface area contributed by atoms with Gasteiger partial charge in [-0.1, -0.05) is 30.3 Å². The van der Waals surface area contributed by atoms with Crippen molar-refractivity contribution in [2.75, 3.05) is 13.1 Å². The highest BCUT2D eigenvalue weighted by atomic mass is 35.5. The van der Waals surface area contributed by atoms with Gasteiger partial charge < -0.3 is 10.0 Å². The van der Waals surface area contributed by atoms with E-state index < -0.39 is 29.0 Å². The molecule has 2 heterocycles. The molecule has 1 saturated heterocycles. The molecule has 0 spiro atoms. The number of nitrogens with zero attached hydrogens (tertiary/aromatic N) is 3. The number of carbonyl (C=O) groups is 2. The van der Waals surface area contributed by atoms with Crippen molar-refractivity contribution in [1.82, 2.24) is 14.0 Å². The lowest BCUT2D eigenvalue weighted by molar-refractivity contribution is -0.141. The Morgan fingerprint density at radius 2 is 1.81 bits per heavy atom. The highest BCUT2D eigenvalue weighted by Crippen LogP contribution is 2.16. The largest absolute Gasteiger partial charge is 0.481 e. The molecule has 0 radical (unpaired) electrons. The molecule has 1 aromatic heterocycles. The van der Waals surface area contributed by atoms with Crippen LogP contribution in [0.25, 0.3) is 0 Å². The Morgan fingerprint density at radius 1 is 1.11 bits per heavy atom. The molecule has 3 rings (SSSR count). The number of hydrogen-bond acceptors (Lipinski definition) is 4. The van der Waals surface area contributed by atoms with E-state index in [-0.39, 0.29) is 25.5 Å². The summed E-state index contributed by atoms with van der Waals surface area (Å²) in [5.41, 5.74) is -0.222. The molecule has 9 heteroatoms. The first-order chi connectivity index (χ1) is 12.5. The molecular weight excluding hydrogens is 374 g/mol. The highest BCUT2D eigenvalue weighted by Gasteiger charge is 2.31. The molecule has 1 N–H and O–H groups in total. The van der Waals surface area contributed by atoms with Crippen molar-refractivity contribution < 1.29 is 14.7 Å². The average molecular weight is 394 g/mol. The molecule has 1 unspecified atom stereocenters. The molecule has 144 valence electrons. The van der Waals surface area contributed by atoms with Crippen LogP contribution in [0.3, 0.4) is 0 Å². The van der Waals surface area contributed by atoms with Gasteiger partial charge in [-0.05, 0) is 12.0 Å². The van der Waals surface area contributed by atoms with E-state index >= 15 is 0 Å². The second-order valence-corrected chi connectivity index (χ2v) is 6.30. The summed E-state index contributed by atoms with van der Waals surface area (Å²) in [5, 5.41) is 9.02. The van der Waals surface area contributed by atoms with Crippen molar-refractivity contribution >= 4 is 24.3 Å². The van der Waals surface area contributed by atoms with E-state index in [2.05, 4.69) is 0 Å². The van der Waals surface area contributed by atoms with E-state index in [0.29, 0.717) is 19.5 Å². The zero-order valence-corrected chi connectivity index (χ0v) is 15.3. The maximum absolute atomic E-state index is 12.6. The minimum absolute atomic E-state index is 0. The maximum Gasteiger partial charge on any atom is 0.331 e. The van der Waals surface area contributed by atoms with Crippen LogP contribution in [0.4, 0.5) is 0 Å². The number of carboxylic acid groups (broad SMARTS) is 1. The number of hydrogen-bond donors (Lipinski definition) is 1. The van der Waals surface area contributed by atoms with Gasteiger partial charge in [0.1, 0.15) is 6.54 Å². The van der Waals surface area contributed by atoms with E-state index in [9.17, 15) is 19.2 Å². The minimum Gasteiger partial charge on any atom is -0.481 e. The SMILES string of the molecule is Cl.O=C(O)C1CCN(C(=O)Cn2c(=O)ccn(Cc3ccccc3)c2=O)C1. The summed E-state index contributed by atoms with van der Waals surface area (Å²) in [4.78, 5) is 49.4. The molecular formula is C18H20ClN3O5. The first kappa shape index (κ1) is 20.4.